The molecule has 94 valence electrons. The summed E-state index contributed by atoms with van der Waals surface area (Å²) >= 11 is 0. The molecule has 3 rings (SSSR count). The minimum atomic E-state index is -0.464. The quantitative estimate of drug-likeness (QED) is 0.766. The van der Waals surface area contributed by atoms with E-state index in [4.69, 9.17) is 9.15 Å². The molecule has 2 heterocycles. The van der Waals surface area contributed by atoms with Crippen LogP contribution >= 0.6 is 0 Å². The molecule has 2 atom stereocenters. The number of benzene rings is 1. The van der Waals surface area contributed by atoms with E-state index in [9.17, 15) is 9.18 Å². The number of para-hydroxylation sites is 1. The Morgan fingerprint density at radius 1 is 1.44 bits per heavy atom. The minimum Gasteiger partial charge on any atom is -0.450 e. The Morgan fingerprint density at radius 3 is 2.94 bits per heavy atom. The van der Waals surface area contributed by atoms with Crippen molar-refractivity contribution in [2.45, 2.75) is 19.4 Å². The van der Waals surface area contributed by atoms with Crippen LogP contribution in [0.25, 0.3) is 11.0 Å². The Balaban J connectivity index is 1.99. The zero-order valence-corrected chi connectivity index (χ0v) is 9.98. The van der Waals surface area contributed by atoms with Gasteiger partial charge < -0.3 is 9.15 Å². The fourth-order valence-electron chi connectivity index (χ4n) is 2.32. The number of fused-ring (bicyclic) bond motifs is 1. The summed E-state index contributed by atoms with van der Waals surface area (Å²) in [6.45, 7) is 2.56. The van der Waals surface area contributed by atoms with E-state index in [0.717, 1.165) is 6.42 Å². The van der Waals surface area contributed by atoms with Crippen molar-refractivity contribution < 1.29 is 18.3 Å². The number of ketones is 1. The highest BCUT2D eigenvalue weighted by Gasteiger charge is 2.33. The van der Waals surface area contributed by atoms with E-state index >= 15 is 0 Å². The van der Waals surface area contributed by atoms with Crippen LogP contribution < -0.4 is 0 Å². The van der Waals surface area contributed by atoms with Gasteiger partial charge in [-0.1, -0.05) is 19.1 Å². The number of rotatable bonds is 2. The first-order chi connectivity index (χ1) is 8.66. The standard InChI is InChI=1S/C14H13FO3/c1-8-5-6-17-13(8)12(16)11-7-9-3-2-4-10(15)14(9)18-11/h2-4,7-8,13H,5-6H2,1H3. The molecule has 0 bridgehead atoms. The van der Waals surface area contributed by atoms with Crippen LogP contribution in [0.3, 0.4) is 0 Å². The van der Waals surface area contributed by atoms with Gasteiger partial charge in [0.05, 0.1) is 0 Å². The maximum atomic E-state index is 13.5. The van der Waals surface area contributed by atoms with Gasteiger partial charge in [-0.2, -0.15) is 0 Å². The Bertz CT molecular complexity index is 602. The smallest absolute Gasteiger partial charge is 0.226 e. The van der Waals surface area contributed by atoms with Crippen molar-refractivity contribution in [3.8, 4) is 0 Å². The molecule has 1 saturated heterocycles. The average Bonchev–Trinajstić information content (AvgIpc) is 2.95. The van der Waals surface area contributed by atoms with Crippen molar-refractivity contribution in [1.82, 2.24) is 0 Å². The van der Waals surface area contributed by atoms with Gasteiger partial charge in [-0.25, -0.2) is 4.39 Å². The predicted molar refractivity (Wildman–Crippen MR) is 64.0 cm³/mol. The van der Waals surface area contributed by atoms with Crippen molar-refractivity contribution in [2.75, 3.05) is 6.61 Å². The summed E-state index contributed by atoms with van der Waals surface area (Å²) in [5.41, 5.74) is 0.131. The highest BCUT2D eigenvalue weighted by atomic mass is 19.1. The van der Waals surface area contributed by atoms with E-state index < -0.39 is 11.9 Å². The molecule has 0 saturated carbocycles. The molecular weight excluding hydrogens is 235 g/mol. The number of furan rings is 1. The van der Waals surface area contributed by atoms with Crippen molar-refractivity contribution in [3.05, 3.63) is 35.8 Å². The molecule has 18 heavy (non-hydrogen) atoms. The monoisotopic (exact) mass is 248 g/mol. The number of carbonyl (C=O) groups is 1. The average molecular weight is 248 g/mol. The van der Waals surface area contributed by atoms with Crippen molar-refractivity contribution in [3.63, 3.8) is 0 Å². The van der Waals surface area contributed by atoms with Crippen LogP contribution in [-0.4, -0.2) is 18.5 Å². The first kappa shape index (κ1) is 11.4. The van der Waals surface area contributed by atoms with Gasteiger partial charge in [0, 0.05) is 12.0 Å². The van der Waals surface area contributed by atoms with Gasteiger partial charge in [-0.3, -0.25) is 4.79 Å². The van der Waals surface area contributed by atoms with Gasteiger partial charge in [-0.05, 0) is 24.5 Å². The zero-order valence-electron chi connectivity index (χ0n) is 9.98. The van der Waals surface area contributed by atoms with E-state index in [0.29, 0.717) is 12.0 Å². The molecule has 1 aromatic heterocycles. The minimum absolute atomic E-state index is 0.131. The van der Waals surface area contributed by atoms with Gasteiger partial charge >= 0.3 is 0 Å². The van der Waals surface area contributed by atoms with Crippen LogP contribution in [-0.2, 0) is 4.74 Å². The van der Waals surface area contributed by atoms with E-state index in [1.165, 1.54) is 6.07 Å². The lowest BCUT2D eigenvalue weighted by Gasteiger charge is -2.10. The van der Waals surface area contributed by atoms with E-state index in [-0.39, 0.29) is 23.0 Å². The first-order valence-corrected chi connectivity index (χ1v) is 6.00. The predicted octanol–water partition coefficient (Wildman–Crippen LogP) is 3.18. The lowest BCUT2D eigenvalue weighted by atomic mass is 9.99. The maximum Gasteiger partial charge on any atom is 0.226 e. The Hall–Kier alpha value is -1.68. The molecule has 0 aliphatic carbocycles. The van der Waals surface area contributed by atoms with Gasteiger partial charge in [0.2, 0.25) is 5.78 Å². The Kier molecular flexibility index (Phi) is 2.67. The van der Waals surface area contributed by atoms with E-state index in [1.807, 2.05) is 6.92 Å². The molecule has 4 heteroatoms. The fourth-order valence-corrected chi connectivity index (χ4v) is 2.32. The maximum absolute atomic E-state index is 13.5. The van der Waals surface area contributed by atoms with Crippen LogP contribution in [0, 0.1) is 11.7 Å². The zero-order chi connectivity index (χ0) is 12.7. The number of halogens is 1. The normalized spacial score (nSPS) is 23.7. The number of hydrogen-bond donors (Lipinski definition) is 0. The Morgan fingerprint density at radius 2 is 2.28 bits per heavy atom. The number of hydrogen-bond acceptors (Lipinski definition) is 3. The first-order valence-electron chi connectivity index (χ1n) is 6.00. The van der Waals surface area contributed by atoms with Gasteiger partial charge in [0.25, 0.3) is 0 Å². The molecule has 1 aliphatic heterocycles. The molecule has 2 unspecified atom stereocenters. The molecule has 2 aromatic rings. The summed E-state index contributed by atoms with van der Waals surface area (Å²) in [4.78, 5) is 12.2. The van der Waals surface area contributed by atoms with Gasteiger partial charge in [-0.15, -0.1) is 0 Å². The molecule has 0 amide bonds. The van der Waals surface area contributed by atoms with Crippen LogP contribution in [0.4, 0.5) is 4.39 Å². The molecule has 0 spiro atoms. The SMILES string of the molecule is CC1CCOC1C(=O)c1cc2cccc(F)c2o1. The second-order valence-electron chi connectivity index (χ2n) is 4.69. The van der Waals surface area contributed by atoms with E-state index in [1.54, 1.807) is 18.2 Å². The molecule has 3 nitrogen and oxygen atoms in total. The largest absolute Gasteiger partial charge is 0.450 e. The highest BCUT2D eigenvalue weighted by molar-refractivity contribution is 6.00. The summed E-state index contributed by atoms with van der Waals surface area (Å²) in [5.74, 6) is -0.299. The van der Waals surface area contributed by atoms with E-state index in [2.05, 4.69) is 0 Å². The Labute approximate surface area is 104 Å². The highest BCUT2D eigenvalue weighted by Crippen LogP contribution is 2.27. The van der Waals surface area contributed by atoms with Crippen molar-refractivity contribution in [2.24, 2.45) is 5.92 Å². The second-order valence-corrected chi connectivity index (χ2v) is 4.69. The summed E-state index contributed by atoms with van der Waals surface area (Å²) < 4.78 is 24.2. The third kappa shape index (κ3) is 1.73. The van der Waals surface area contributed by atoms with Crippen LogP contribution in [0.15, 0.2) is 28.7 Å². The summed E-state index contributed by atoms with van der Waals surface area (Å²) in [6, 6.07) is 6.21. The van der Waals surface area contributed by atoms with Crippen molar-refractivity contribution in [1.29, 1.82) is 0 Å². The number of carbonyl (C=O) groups excluding carboxylic acids is 1. The molecule has 0 radical (unpaired) electrons. The lowest BCUT2D eigenvalue weighted by molar-refractivity contribution is 0.0554. The molecule has 1 aromatic carbocycles. The molecular formula is C14H13FO3. The topological polar surface area (TPSA) is 39.4 Å². The van der Waals surface area contributed by atoms with Gasteiger partial charge in [0.1, 0.15) is 6.10 Å². The lowest BCUT2D eigenvalue weighted by Crippen LogP contribution is -2.24. The summed E-state index contributed by atoms with van der Waals surface area (Å²) in [5, 5.41) is 0.601. The van der Waals surface area contributed by atoms with Crippen LogP contribution in [0.2, 0.25) is 0 Å². The third-order valence-corrected chi connectivity index (χ3v) is 3.38. The second kappa shape index (κ2) is 4.21. The summed E-state index contributed by atoms with van der Waals surface area (Å²) in [6.07, 6.45) is 0.402. The summed E-state index contributed by atoms with van der Waals surface area (Å²) in [7, 11) is 0. The van der Waals surface area contributed by atoms with Crippen LogP contribution in [0.5, 0.6) is 0 Å². The fraction of sp³-hybridized carbons (Fsp3) is 0.357. The molecule has 0 N–H and O–H groups in total. The third-order valence-electron chi connectivity index (χ3n) is 3.38. The number of Topliss-reactive ketones (excluding diaryl/α,β-unsaturated/α-hetero) is 1. The van der Waals surface area contributed by atoms with Gasteiger partial charge in [0.15, 0.2) is 17.2 Å². The molecule has 1 fully saturated rings. The van der Waals surface area contributed by atoms with Crippen LogP contribution in [0.1, 0.15) is 23.9 Å². The number of ether oxygens (including phenoxy) is 1. The van der Waals surface area contributed by atoms with Crippen molar-refractivity contribution >= 4 is 16.8 Å². The molecule has 1 aliphatic rings.